The van der Waals surface area contributed by atoms with E-state index < -0.39 is 160 Å². The van der Waals surface area contributed by atoms with Gasteiger partial charge in [0.05, 0.1) is 114 Å². The summed E-state index contributed by atoms with van der Waals surface area (Å²) in [6, 6.07) is 8.75. The van der Waals surface area contributed by atoms with E-state index in [1.807, 2.05) is 77.5 Å². The molecule has 4 bridgehead atoms. The highest BCUT2D eigenvalue weighted by atomic mass is 35.5. The molecule has 0 spiro atoms. The number of fused-ring (bicyclic) bond motifs is 10. The lowest BCUT2D eigenvalue weighted by Gasteiger charge is -2.35. The Bertz CT molecular complexity index is 4640. The summed E-state index contributed by atoms with van der Waals surface area (Å²) in [6.07, 6.45) is 10.8. The zero-order chi connectivity index (χ0) is 83.4. The Balaban J connectivity index is 0.000000209. The number of carboxylic acids is 1. The van der Waals surface area contributed by atoms with Gasteiger partial charge in [-0.25, -0.2) is 41.6 Å². The van der Waals surface area contributed by atoms with Crippen LogP contribution >= 0.6 is 12.4 Å². The molecule has 6 aliphatic carbocycles. The molecular weight excluding hydrogens is 1580 g/mol. The van der Waals surface area contributed by atoms with Gasteiger partial charge in [0.15, 0.2) is 5.78 Å². The lowest BCUT2D eigenvalue weighted by molar-refractivity contribution is -0.157. The first-order valence-corrected chi connectivity index (χ1v) is 43.9. The first kappa shape index (κ1) is 91.6. The summed E-state index contributed by atoms with van der Waals surface area (Å²) in [4.78, 5) is 131. The number of Topliss-reactive ketones (excluding diaryl/α,β-unsaturated/α-hetero) is 1. The van der Waals surface area contributed by atoms with E-state index in [9.17, 15) is 69.1 Å². The van der Waals surface area contributed by atoms with Gasteiger partial charge in [0.2, 0.25) is 49.5 Å². The quantitative estimate of drug-likeness (QED) is 0.0757. The SMILES string of the molecule is C.CC1(S(=O)(=O)NC(=O)[C@@]2(N)C[C@H]2CCF)CC1.COc1ccc2nc3c(nc2c1)O[C@H]1CN(C(=O)[C@H](C(C)(C)C)CC(=O)O[C@@H]2C[C@H]2CCCCC3)[C@H](C(=O)C[C@]2(C(=O)NS(=O)(=O)C3(C)CC3)C[C@H]2CCF)[C@@H]1C.COc1ccc2nc3c(nc2c1)O[C@H]1CN(C(=O)[C@H](C(C)(C)C)CC(=O)O[C@@H]2C[C@H]2CCCCC3)[C@H](C(=O)O)[C@@H]1C.Cl. The van der Waals surface area contributed by atoms with Crippen LogP contribution in [0, 0.1) is 63.6 Å². The smallest absolute Gasteiger partial charge is 0.326 e. The maximum Gasteiger partial charge on any atom is 0.326 e. The van der Waals surface area contributed by atoms with Gasteiger partial charge in [-0.05, 0) is 175 Å². The van der Waals surface area contributed by atoms with Crippen LogP contribution < -0.4 is 34.1 Å². The minimum Gasteiger partial charge on any atom is -0.497 e. The fourth-order valence-corrected chi connectivity index (χ4v) is 19.7. The molecule has 14 rings (SSSR count). The van der Waals surface area contributed by atoms with Gasteiger partial charge in [0.1, 0.15) is 53.3 Å². The van der Waals surface area contributed by atoms with Crippen molar-refractivity contribution in [3.63, 3.8) is 0 Å². The van der Waals surface area contributed by atoms with Crippen molar-refractivity contribution >= 4 is 102 Å². The molecule has 5 N–H and O–H groups in total. The van der Waals surface area contributed by atoms with Gasteiger partial charge in [-0.15, -0.1) is 12.4 Å². The number of aromatic nitrogens is 4. The van der Waals surface area contributed by atoms with Gasteiger partial charge in [-0.1, -0.05) is 88.5 Å². The van der Waals surface area contributed by atoms with Crippen molar-refractivity contribution in [3.8, 4) is 23.3 Å². The number of esters is 2. The molecule has 648 valence electrons. The fourth-order valence-electron chi connectivity index (χ4n) is 17.0. The predicted octanol–water partition coefficient (Wildman–Crippen LogP) is 11.2. The number of halogens is 3. The van der Waals surface area contributed by atoms with Crippen molar-refractivity contribution < 1.29 is 97.5 Å². The second kappa shape index (κ2) is 35.5. The fraction of sp³-hybridized carbons (Fsp3) is 0.714. The van der Waals surface area contributed by atoms with Crippen molar-refractivity contribution in [1.29, 1.82) is 0 Å². The van der Waals surface area contributed by atoms with Crippen LogP contribution in [0.5, 0.6) is 23.3 Å². The Labute approximate surface area is 691 Å². The Morgan fingerprint density at radius 1 is 0.590 bits per heavy atom. The highest BCUT2D eigenvalue weighted by molar-refractivity contribution is 7.92. The molecule has 8 fully saturated rings. The van der Waals surface area contributed by atoms with Gasteiger partial charge in [0.25, 0.3) is 5.91 Å². The Kier molecular flexibility index (Phi) is 27.8. The van der Waals surface area contributed by atoms with Crippen molar-refractivity contribution in [2.24, 2.45) is 69.3 Å². The molecule has 6 saturated carbocycles. The molecule has 4 aliphatic heterocycles. The third-order valence-electron chi connectivity index (χ3n) is 26.1. The molecule has 2 saturated heterocycles. The summed E-state index contributed by atoms with van der Waals surface area (Å²) in [5.41, 5.74) is 5.79. The number of carbonyl (C=O) groups is 8. The lowest BCUT2D eigenvalue weighted by atomic mass is 9.77. The second-order valence-electron chi connectivity index (χ2n) is 36.8. The molecule has 2 aromatic heterocycles. The molecule has 0 radical (unpaired) electrons. The number of nitrogens with one attached hydrogen (secondary N) is 2. The van der Waals surface area contributed by atoms with Gasteiger partial charge in [0, 0.05) is 30.4 Å². The molecule has 117 heavy (non-hydrogen) atoms. The van der Waals surface area contributed by atoms with E-state index in [1.165, 1.54) is 9.80 Å². The number of aryl methyl sites for hydroxylation is 2. The first-order valence-electron chi connectivity index (χ1n) is 40.9. The largest absolute Gasteiger partial charge is 0.497 e. The number of benzene rings is 2. The molecule has 10 aliphatic rings. The van der Waals surface area contributed by atoms with Crippen molar-refractivity contribution in [2.45, 2.75) is 276 Å². The number of sulfonamides is 2. The summed E-state index contributed by atoms with van der Waals surface area (Å²) in [5.74, 6) is -5.67. The minimum atomic E-state index is -4.03. The van der Waals surface area contributed by atoms with Crippen LogP contribution in [0.3, 0.4) is 0 Å². The molecule has 16 atom stereocenters. The summed E-state index contributed by atoms with van der Waals surface area (Å²) >= 11 is 0. The number of ether oxygens (including phenoxy) is 6. The zero-order valence-corrected chi connectivity index (χ0v) is 71.1. The molecule has 4 aromatic rings. The number of hydrogen-bond donors (Lipinski definition) is 4. The van der Waals surface area contributed by atoms with Crippen LogP contribution in [-0.2, 0) is 80.7 Å². The van der Waals surface area contributed by atoms with Gasteiger partial charge >= 0.3 is 17.9 Å². The van der Waals surface area contributed by atoms with E-state index >= 15 is 0 Å². The van der Waals surface area contributed by atoms with Crippen LogP contribution in [0.25, 0.3) is 22.1 Å². The number of nitrogens with two attached hydrogens (primary N) is 1. The number of methoxy groups -OCH3 is 2. The normalized spacial score (nSPS) is 30.6. The minimum absolute atomic E-state index is 0. The van der Waals surface area contributed by atoms with Crippen LogP contribution in [-0.4, -0.2) is 191 Å². The number of nitrogens with zero attached hydrogens (tertiary/aromatic N) is 6. The van der Waals surface area contributed by atoms with Crippen LogP contribution in [0.1, 0.15) is 223 Å². The summed E-state index contributed by atoms with van der Waals surface area (Å²) < 4.78 is 114. The van der Waals surface area contributed by atoms with E-state index in [0.29, 0.717) is 96.4 Å². The topological polar surface area (TPSA) is 389 Å². The summed E-state index contributed by atoms with van der Waals surface area (Å²) in [6.45, 7) is 16.8. The van der Waals surface area contributed by atoms with E-state index in [-0.39, 0.29) is 101 Å². The Hall–Kier alpha value is -7.71. The third-order valence-corrected chi connectivity index (χ3v) is 30.4. The van der Waals surface area contributed by atoms with E-state index in [1.54, 1.807) is 47.1 Å². The third kappa shape index (κ3) is 20.3. The first-order chi connectivity index (χ1) is 54.1. The number of hydrogen-bond acceptors (Lipinski definition) is 23. The van der Waals surface area contributed by atoms with E-state index in [2.05, 4.69) is 4.72 Å². The number of alkyl halides is 2. The second-order valence-corrected chi connectivity index (χ2v) is 41.2. The van der Waals surface area contributed by atoms with Crippen molar-refractivity contribution in [1.82, 2.24) is 39.2 Å². The highest BCUT2D eigenvalue weighted by Crippen LogP contribution is 2.59. The molecular formula is C84H120ClF2N9O19S2. The number of aliphatic carboxylic acids is 1. The Morgan fingerprint density at radius 3 is 1.42 bits per heavy atom. The maximum atomic E-state index is 14.9. The van der Waals surface area contributed by atoms with Gasteiger partial charge < -0.3 is 49.1 Å². The number of ketones is 1. The van der Waals surface area contributed by atoms with Crippen LogP contribution in [0.2, 0.25) is 0 Å². The number of amides is 4. The zero-order valence-electron chi connectivity index (χ0n) is 68.7. The Morgan fingerprint density at radius 2 is 1.01 bits per heavy atom. The van der Waals surface area contributed by atoms with Crippen molar-refractivity contribution in [2.75, 3.05) is 40.7 Å². The lowest BCUT2D eigenvalue weighted by Crippen LogP contribution is -2.50. The molecule has 28 nitrogen and oxygen atoms in total. The molecule has 2 aromatic carbocycles. The predicted molar refractivity (Wildman–Crippen MR) is 433 cm³/mol. The van der Waals surface area contributed by atoms with Gasteiger partial charge in [-0.3, -0.25) is 51.8 Å². The van der Waals surface area contributed by atoms with Crippen LogP contribution in [0.15, 0.2) is 36.4 Å². The average molecular weight is 1700 g/mol. The summed E-state index contributed by atoms with van der Waals surface area (Å²) in [7, 11) is -4.51. The van der Waals surface area contributed by atoms with E-state index in [0.717, 1.165) is 75.4 Å². The van der Waals surface area contributed by atoms with Crippen LogP contribution in [0.4, 0.5) is 8.78 Å². The molecule has 0 unspecified atom stereocenters. The molecule has 33 heteroatoms. The summed E-state index contributed by atoms with van der Waals surface area (Å²) in [5, 5.41) is 10.2. The van der Waals surface area contributed by atoms with E-state index in [4.69, 9.17) is 54.1 Å². The number of carbonyl (C=O) groups excluding carboxylic acids is 7. The van der Waals surface area contributed by atoms with Gasteiger partial charge in [-0.2, -0.15) is 0 Å². The highest BCUT2D eigenvalue weighted by Gasteiger charge is 2.65. The average Bonchev–Trinajstić information content (AvgIpc) is 1.56. The molecule has 4 amide bonds. The molecule has 6 heterocycles. The standard InChI is InChI=1S/C42H57FN4O9S.C31H41N3O7.C10H17FN2O3S.CH4.ClH/c1-24-34-23-47(36(24)32(48)22-42(21-26(42)14-17-43)39(51)46-57(52,53)41(5)15-16-41)38(50)28(40(2,3)4)20-35(49)55-33-18-25(33)10-8-7-9-11-30-37(56-34)45-31-19-27(54-6)12-13-29(31)44-30;1-17-25-16-34(27(17)30(37)38)29(36)20(31(2,3)4)15-26(35)40-24-13-18(24)9-7-6-8-10-22-28(41-25)33-23-14-19(39-5)11-12-21(23)32-22;1-9(3-4-9)17(15,16)13-8(14)10(12)6-7(10)2-5-11;;/h12-13,19,24-26,28,33-34,36H,7-11,14-18,20-23H2,1-6H3,(H,46,51);11-12,14,17-18,20,24-25,27H,6-10,13,15-16H2,1-5H3,(H,37,38);7H,2-6,12H2,1H3,(H,13,14);1H4;1H/t24-,25-,26-,28-,33-,34+,36+,42-;17-,18-,20-,24-,25+,27+;7-,10-;;/m111../s1. The number of rotatable bonds is 16. The van der Waals surface area contributed by atoms with Crippen molar-refractivity contribution in [3.05, 3.63) is 47.8 Å². The monoisotopic (exact) mass is 1700 g/mol. The number of carboxylic acid groups (broad SMARTS) is 1. The maximum absolute atomic E-state index is 14.9.